The molecule has 0 saturated carbocycles. The summed E-state index contributed by atoms with van der Waals surface area (Å²) in [5.41, 5.74) is 0. The molecule has 0 fully saturated rings. The van der Waals surface area contributed by atoms with Crippen molar-refractivity contribution in [3.8, 4) is 0 Å². The summed E-state index contributed by atoms with van der Waals surface area (Å²) in [6.07, 6.45) is 9.54. The van der Waals surface area contributed by atoms with Crippen LogP contribution < -0.4 is 74.6 Å². The second-order valence-electron chi connectivity index (χ2n) is 7.13. The molecule has 0 radical (unpaired) electrons. The molecule has 0 aliphatic heterocycles. The number of carbonyl (C=O) groups excluding carboxylic acids is 3. The van der Waals surface area contributed by atoms with Gasteiger partial charge in [-0.1, -0.05) is 58.3 Å². The van der Waals surface area contributed by atoms with Gasteiger partial charge in [0.15, 0.2) is 0 Å². The van der Waals surface area contributed by atoms with Crippen LogP contribution in [0.4, 0.5) is 0 Å². The van der Waals surface area contributed by atoms with E-state index in [9.17, 15) is 24.6 Å². The Balaban J connectivity index is -0.00000364. The smallest absolute Gasteiger partial charge is 0.550 e. The van der Waals surface area contributed by atoms with E-state index in [1.165, 1.54) is 32.1 Å². The van der Waals surface area contributed by atoms with Gasteiger partial charge in [0, 0.05) is 37.9 Å². The summed E-state index contributed by atoms with van der Waals surface area (Å²) in [6, 6.07) is -0.861. The van der Waals surface area contributed by atoms with Gasteiger partial charge < -0.3 is 35.1 Å². The van der Waals surface area contributed by atoms with Gasteiger partial charge in [-0.25, -0.2) is 0 Å². The number of rotatable bonds is 19. The summed E-state index contributed by atoms with van der Waals surface area (Å²) in [7, 11) is 0. The Bertz CT molecular complexity index is 455. The van der Waals surface area contributed by atoms with Crippen molar-refractivity contribution in [2.24, 2.45) is 0 Å². The number of aliphatic hydroxyl groups excluding tert-OH is 1. The molecule has 8 nitrogen and oxygen atoms in total. The largest absolute Gasteiger partial charge is 1.00 e. The Hall–Kier alpha value is 0.330. The van der Waals surface area contributed by atoms with Gasteiger partial charge in [-0.3, -0.25) is 4.79 Å². The minimum atomic E-state index is -1.44. The molecule has 0 bridgehead atoms. The first-order chi connectivity index (χ1) is 13.4. The second kappa shape index (κ2) is 24.0. The molecule has 1 unspecified atom stereocenters. The molecule has 164 valence electrons. The maximum atomic E-state index is 12.5. The van der Waals surface area contributed by atoms with E-state index in [1.807, 2.05) is 0 Å². The Morgan fingerprint density at radius 1 is 0.900 bits per heavy atom. The minimum absolute atomic E-state index is 0. The normalized spacial score (nSPS) is 11.1. The zero-order chi connectivity index (χ0) is 21.2. The van der Waals surface area contributed by atoms with Crippen molar-refractivity contribution in [1.29, 1.82) is 0 Å². The van der Waals surface area contributed by atoms with E-state index in [4.69, 9.17) is 5.11 Å². The first kappa shape index (κ1) is 34.9. The fraction of sp³-hybridized carbons (Fsp3) is 0.850. The molecule has 0 aromatic heterocycles. The summed E-state index contributed by atoms with van der Waals surface area (Å²) in [5, 5.41) is 33.7. The van der Waals surface area contributed by atoms with Crippen LogP contribution in [0.15, 0.2) is 0 Å². The van der Waals surface area contributed by atoms with Gasteiger partial charge in [-0.15, -0.1) is 0 Å². The van der Waals surface area contributed by atoms with Crippen molar-refractivity contribution >= 4 is 17.8 Å². The average molecular weight is 446 g/mol. The summed E-state index contributed by atoms with van der Waals surface area (Å²) < 4.78 is 0. The Labute approximate surface area is 225 Å². The number of nitrogens with zero attached hydrogens (tertiary/aromatic N) is 1. The monoisotopic (exact) mass is 446 g/mol. The number of hydrogen-bond donors (Lipinski definition) is 2. The van der Waals surface area contributed by atoms with Crippen LogP contribution in [0.2, 0.25) is 0 Å². The summed E-state index contributed by atoms with van der Waals surface area (Å²) in [6.45, 7) is 1.65. The van der Waals surface area contributed by atoms with Crippen LogP contribution in [0.5, 0.6) is 0 Å². The number of carboxylic acid groups (broad SMARTS) is 2. The molecule has 0 aliphatic rings. The van der Waals surface area contributed by atoms with E-state index in [0.29, 0.717) is 6.42 Å². The van der Waals surface area contributed by atoms with Crippen LogP contribution >= 0.6 is 0 Å². The third-order valence-electron chi connectivity index (χ3n) is 4.63. The summed E-state index contributed by atoms with van der Waals surface area (Å²) >= 11 is 0. The second-order valence-corrected chi connectivity index (χ2v) is 7.13. The first-order valence-electron chi connectivity index (χ1n) is 10.4. The van der Waals surface area contributed by atoms with Crippen molar-refractivity contribution in [1.82, 2.24) is 10.2 Å². The van der Waals surface area contributed by atoms with Crippen LogP contribution in [0.1, 0.15) is 77.6 Å². The summed E-state index contributed by atoms with van der Waals surface area (Å²) in [4.78, 5) is 35.5. The fourth-order valence-corrected chi connectivity index (χ4v) is 3.12. The van der Waals surface area contributed by atoms with Crippen LogP contribution in [-0.2, 0) is 14.4 Å². The van der Waals surface area contributed by atoms with E-state index >= 15 is 0 Å². The van der Waals surface area contributed by atoms with Crippen LogP contribution in [0.3, 0.4) is 0 Å². The predicted octanol–water partition coefficient (Wildman–Crippen LogP) is -6.42. The fourth-order valence-electron chi connectivity index (χ4n) is 3.12. The Morgan fingerprint density at radius 3 is 1.90 bits per heavy atom. The van der Waals surface area contributed by atoms with Crippen LogP contribution in [0, 0.1) is 0 Å². The molecular weight excluding hydrogens is 410 g/mol. The molecule has 0 heterocycles. The topological polar surface area (TPSA) is 133 Å². The van der Waals surface area contributed by atoms with Crippen molar-refractivity contribution in [3.63, 3.8) is 0 Å². The van der Waals surface area contributed by atoms with Crippen LogP contribution in [-0.4, -0.2) is 60.1 Å². The number of carboxylic acids is 2. The molecule has 10 heteroatoms. The Morgan fingerprint density at radius 2 is 1.43 bits per heavy atom. The van der Waals surface area contributed by atoms with Crippen molar-refractivity contribution in [3.05, 3.63) is 0 Å². The van der Waals surface area contributed by atoms with Gasteiger partial charge in [0.05, 0.1) is 19.1 Å². The number of hydrogen-bond acceptors (Lipinski definition) is 7. The zero-order valence-electron chi connectivity index (χ0n) is 19.1. The standard InChI is InChI=1S/C20H38N2O6.2Na/c1-2-3-4-5-6-7-8-9-10-11-18(24)22(16-20(27)28)17(14-19(25)26)15-21-12-13-23;;/h17,21,23H,2-16H2,1H3,(H,25,26)(H,27,28);;/q;2*+1/p-2. The molecule has 30 heavy (non-hydrogen) atoms. The molecular formula is C20H36N2Na2O6. The molecule has 0 saturated heterocycles. The van der Waals surface area contributed by atoms with Gasteiger partial charge >= 0.3 is 59.1 Å². The van der Waals surface area contributed by atoms with Crippen molar-refractivity contribution in [2.75, 3.05) is 26.2 Å². The average Bonchev–Trinajstić information content (AvgIpc) is 2.63. The number of carbonyl (C=O) groups is 3. The zero-order valence-corrected chi connectivity index (χ0v) is 23.1. The number of aliphatic hydroxyl groups is 1. The van der Waals surface area contributed by atoms with Crippen molar-refractivity contribution < 1.29 is 88.8 Å². The minimum Gasteiger partial charge on any atom is -0.550 e. The van der Waals surface area contributed by atoms with Gasteiger partial charge in [0.2, 0.25) is 5.91 Å². The third-order valence-corrected chi connectivity index (χ3v) is 4.63. The van der Waals surface area contributed by atoms with Crippen molar-refractivity contribution in [2.45, 2.75) is 83.6 Å². The van der Waals surface area contributed by atoms with Gasteiger partial charge in [0.1, 0.15) is 0 Å². The van der Waals surface area contributed by atoms with Gasteiger partial charge in [-0.2, -0.15) is 0 Å². The quantitative estimate of drug-likeness (QED) is 0.149. The Kier molecular flexibility index (Phi) is 27.9. The number of amides is 1. The van der Waals surface area contributed by atoms with E-state index < -0.39 is 36.9 Å². The molecule has 0 aliphatic carbocycles. The molecule has 0 spiro atoms. The maximum absolute atomic E-state index is 12.5. The SMILES string of the molecule is CCCCCCCCCCCC(=O)N(CC(=O)[O-])C(CNCCO)CC(=O)[O-].[Na+].[Na+]. The van der Waals surface area contributed by atoms with Gasteiger partial charge in [0.25, 0.3) is 0 Å². The number of nitrogens with one attached hydrogen (secondary N) is 1. The molecule has 0 aromatic rings. The maximum Gasteiger partial charge on any atom is 1.00 e. The van der Waals surface area contributed by atoms with Gasteiger partial charge in [-0.05, 0) is 6.42 Å². The molecule has 0 rings (SSSR count). The molecule has 1 amide bonds. The van der Waals surface area contributed by atoms with E-state index in [0.717, 1.165) is 24.2 Å². The molecule has 1 atom stereocenters. The molecule has 2 N–H and O–H groups in total. The number of aliphatic carboxylic acids is 2. The molecule has 0 aromatic carbocycles. The van der Waals surface area contributed by atoms with E-state index in [1.54, 1.807) is 0 Å². The first-order valence-corrected chi connectivity index (χ1v) is 10.4. The van der Waals surface area contributed by atoms with Crippen LogP contribution in [0.25, 0.3) is 0 Å². The third kappa shape index (κ3) is 20.2. The number of unbranched alkanes of at least 4 members (excludes halogenated alkanes) is 8. The summed E-state index contributed by atoms with van der Waals surface area (Å²) in [5.74, 6) is -3.20. The van der Waals surface area contributed by atoms with E-state index in [-0.39, 0.29) is 85.2 Å². The van der Waals surface area contributed by atoms with E-state index in [2.05, 4.69) is 12.2 Å². The predicted molar refractivity (Wildman–Crippen MR) is 102 cm³/mol.